The third-order valence-corrected chi connectivity index (χ3v) is 2.49. The fourth-order valence-corrected chi connectivity index (χ4v) is 1.93. The fourth-order valence-electron chi connectivity index (χ4n) is 1.93. The number of carbonyl (C=O) groups excluding carboxylic acids is 1. The van der Waals surface area contributed by atoms with Crippen LogP contribution >= 0.6 is 0 Å². The molecule has 0 aromatic heterocycles. The van der Waals surface area contributed by atoms with Crippen LogP contribution in [0.3, 0.4) is 0 Å². The van der Waals surface area contributed by atoms with Crippen LogP contribution in [0.4, 0.5) is 0 Å². The Labute approximate surface area is 93.8 Å². The maximum absolute atomic E-state index is 11.7. The van der Waals surface area contributed by atoms with E-state index in [1.54, 1.807) is 0 Å². The molecular formula is C12H25NO2. The predicted molar refractivity (Wildman–Crippen MR) is 62.8 cm³/mol. The van der Waals surface area contributed by atoms with E-state index in [9.17, 15) is 4.79 Å². The number of carbonyl (C=O) groups is 1. The molecule has 0 aromatic carbocycles. The van der Waals surface area contributed by atoms with Gasteiger partial charge >= 0.3 is 5.97 Å². The van der Waals surface area contributed by atoms with Gasteiger partial charge in [0.25, 0.3) is 0 Å². The zero-order valence-corrected chi connectivity index (χ0v) is 10.7. The summed E-state index contributed by atoms with van der Waals surface area (Å²) in [6.07, 6.45) is 2.14. The van der Waals surface area contributed by atoms with Gasteiger partial charge in [-0.15, -0.1) is 0 Å². The molecule has 15 heavy (non-hydrogen) atoms. The summed E-state index contributed by atoms with van der Waals surface area (Å²) in [6, 6.07) is -0.0881. The first-order valence-corrected chi connectivity index (χ1v) is 5.90. The molecule has 0 amide bonds. The van der Waals surface area contributed by atoms with Gasteiger partial charge in [0, 0.05) is 0 Å². The molecule has 0 aliphatic carbocycles. The summed E-state index contributed by atoms with van der Waals surface area (Å²) in [7, 11) is 1.47. The Morgan fingerprint density at radius 3 is 1.93 bits per heavy atom. The van der Waals surface area contributed by atoms with Crippen LogP contribution in [0, 0.1) is 5.92 Å². The molecule has 0 aromatic rings. The largest absolute Gasteiger partial charge is 0.468 e. The maximum Gasteiger partial charge on any atom is 0.323 e. The van der Waals surface area contributed by atoms with Crippen LogP contribution in [0.5, 0.6) is 0 Å². The minimum Gasteiger partial charge on any atom is -0.468 e. The van der Waals surface area contributed by atoms with E-state index in [-0.39, 0.29) is 12.0 Å². The number of ether oxygens (including phenoxy) is 1. The summed E-state index contributed by atoms with van der Waals surface area (Å²) in [5.74, 6) is 0.197. The van der Waals surface area contributed by atoms with Crippen molar-refractivity contribution in [3.63, 3.8) is 0 Å². The van der Waals surface area contributed by atoms with E-state index in [4.69, 9.17) is 4.74 Å². The molecule has 0 fully saturated rings. The van der Waals surface area contributed by atoms with E-state index in [0.717, 1.165) is 25.9 Å². The minimum absolute atomic E-state index is 0.0881. The Morgan fingerprint density at radius 1 is 1.20 bits per heavy atom. The monoisotopic (exact) mass is 215 g/mol. The third kappa shape index (κ3) is 4.65. The first-order chi connectivity index (χ1) is 7.08. The van der Waals surface area contributed by atoms with Crippen LogP contribution in [0.1, 0.15) is 40.5 Å². The Kier molecular flexibility index (Phi) is 7.39. The summed E-state index contributed by atoms with van der Waals surface area (Å²) in [5, 5.41) is 0. The Balaban J connectivity index is 4.58. The van der Waals surface area contributed by atoms with Crippen molar-refractivity contribution in [3.05, 3.63) is 0 Å². The molecule has 0 heterocycles. The van der Waals surface area contributed by atoms with Crippen molar-refractivity contribution in [3.8, 4) is 0 Å². The van der Waals surface area contributed by atoms with Crippen molar-refractivity contribution in [1.82, 2.24) is 4.90 Å². The van der Waals surface area contributed by atoms with Crippen LogP contribution in [0.2, 0.25) is 0 Å². The lowest BCUT2D eigenvalue weighted by Crippen LogP contribution is -2.46. The van der Waals surface area contributed by atoms with Crippen molar-refractivity contribution in [2.45, 2.75) is 46.6 Å². The Morgan fingerprint density at radius 2 is 1.67 bits per heavy atom. The quantitative estimate of drug-likeness (QED) is 0.610. The summed E-state index contributed by atoms with van der Waals surface area (Å²) in [4.78, 5) is 13.9. The van der Waals surface area contributed by atoms with Crippen LogP contribution in [-0.2, 0) is 9.53 Å². The van der Waals surface area contributed by atoms with Crippen LogP contribution < -0.4 is 0 Å². The average molecular weight is 215 g/mol. The minimum atomic E-state index is -0.105. The summed E-state index contributed by atoms with van der Waals surface area (Å²) in [5.41, 5.74) is 0. The first-order valence-electron chi connectivity index (χ1n) is 5.90. The standard InChI is InChI=1S/C12H25NO2/c1-6-8-13(9-7-2)11(10(3)4)12(14)15-5/h10-11H,6-9H2,1-5H3/t11-/m0/s1. The van der Waals surface area contributed by atoms with E-state index >= 15 is 0 Å². The average Bonchev–Trinajstić information content (AvgIpc) is 2.18. The molecule has 0 aliphatic heterocycles. The molecule has 0 aliphatic rings. The number of rotatable bonds is 7. The highest BCUT2D eigenvalue weighted by Crippen LogP contribution is 2.13. The van der Waals surface area contributed by atoms with Crippen molar-refractivity contribution in [1.29, 1.82) is 0 Å². The summed E-state index contributed by atoms with van der Waals surface area (Å²) >= 11 is 0. The summed E-state index contributed by atoms with van der Waals surface area (Å²) in [6.45, 7) is 10.3. The molecule has 0 unspecified atom stereocenters. The molecule has 3 nitrogen and oxygen atoms in total. The summed E-state index contributed by atoms with van der Waals surface area (Å²) < 4.78 is 4.87. The second kappa shape index (κ2) is 7.69. The number of methoxy groups -OCH3 is 1. The molecule has 0 saturated carbocycles. The van der Waals surface area contributed by atoms with Gasteiger partial charge in [0.1, 0.15) is 6.04 Å². The van der Waals surface area contributed by atoms with E-state index in [1.165, 1.54) is 7.11 Å². The van der Waals surface area contributed by atoms with Crippen molar-refractivity contribution < 1.29 is 9.53 Å². The maximum atomic E-state index is 11.7. The van der Waals surface area contributed by atoms with Gasteiger partial charge in [-0.1, -0.05) is 27.7 Å². The predicted octanol–water partition coefficient (Wildman–Crippen LogP) is 2.31. The first kappa shape index (κ1) is 14.4. The second-order valence-electron chi connectivity index (χ2n) is 4.25. The molecule has 90 valence electrons. The molecule has 0 N–H and O–H groups in total. The zero-order chi connectivity index (χ0) is 11.8. The van der Waals surface area contributed by atoms with Gasteiger partial charge in [0.2, 0.25) is 0 Å². The molecule has 0 bridgehead atoms. The number of hydrogen-bond donors (Lipinski definition) is 0. The SMILES string of the molecule is CCCN(CCC)[C@H](C(=O)OC)C(C)C. The number of hydrogen-bond acceptors (Lipinski definition) is 3. The van der Waals surface area contributed by atoms with Crippen molar-refractivity contribution in [2.75, 3.05) is 20.2 Å². The Bertz CT molecular complexity index is 174. The highest BCUT2D eigenvalue weighted by molar-refractivity contribution is 5.75. The third-order valence-electron chi connectivity index (χ3n) is 2.49. The molecular weight excluding hydrogens is 190 g/mol. The smallest absolute Gasteiger partial charge is 0.323 e. The van der Waals surface area contributed by atoms with Gasteiger partial charge in [-0.2, -0.15) is 0 Å². The highest BCUT2D eigenvalue weighted by Gasteiger charge is 2.28. The topological polar surface area (TPSA) is 29.5 Å². The molecule has 0 saturated heterocycles. The zero-order valence-electron chi connectivity index (χ0n) is 10.7. The fraction of sp³-hybridized carbons (Fsp3) is 0.917. The highest BCUT2D eigenvalue weighted by atomic mass is 16.5. The van der Waals surface area contributed by atoms with E-state index in [0.29, 0.717) is 5.92 Å². The number of nitrogens with zero attached hydrogens (tertiary/aromatic N) is 1. The molecule has 0 rings (SSSR count). The van der Waals surface area contributed by atoms with E-state index < -0.39 is 0 Å². The van der Waals surface area contributed by atoms with Gasteiger partial charge in [-0.05, 0) is 31.8 Å². The van der Waals surface area contributed by atoms with Crippen molar-refractivity contribution in [2.24, 2.45) is 5.92 Å². The Hall–Kier alpha value is -0.570. The van der Waals surface area contributed by atoms with Gasteiger partial charge in [-0.25, -0.2) is 0 Å². The molecule has 0 spiro atoms. The number of esters is 1. The van der Waals surface area contributed by atoms with Gasteiger partial charge in [-0.3, -0.25) is 9.69 Å². The van der Waals surface area contributed by atoms with Crippen LogP contribution in [-0.4, -0.2) is 37.1 Å². The lowest BCUT2D eigenvalue weighted by Gasteiger charge is -2.31. The lowest BCUT2D eigenvalue weighted by atomic mass is 10.0. The van der Waals surface area contributed by atoms with E-state index in [2.05, 4.69) is 32.6 Å². The molecule has 1 atom stereocenters. The van der Waals surface area contributed by atoms with E-state index in [1.807, 2.05) is 0 Å². The molecule has 3 heteroatoms. The van der Waals surface area contributed by atoms with Gasteiger partial charge in [0.15, 0.2) is 0 Å². The van der Waals surface area contributed by atoms with Gasteiger partial charge < -0.3 is 4.74 Å². The van der Waals surface area contributed by atoms with Crippen molar-refractivity contribution >= 4 is 5.97 Å². The van der Waals surface area contributed by atoms with Crippen LogP contribution in [0.25, 0.3) is 0 Å². The van der Waals surface area contributed by atoms with Crippen LogP contribution in [0.15, 0.2) is 0 Å². The second-order valence-corrected chi connectivity index (χ2v) is 4.25. The molecule has 0 radical (unpaired) electrons. The lowest BCUT2D eigenvalue weighted by molar-refractivity contribution is -0.148. The normalized spacial score (nSPS) is 13.3. The van der Waals surface area contributed by atoms with Gasteiger partial charge in [0.05, 0.1) is 7.11 Å².